The molecule has 1 fully saturated rings. The topological polar surface area (TPSA) is 66.3 Å². The lowest BCUT2D eigenvalue weighted by Crippen LogP contribution is -2.53. The Morgan fingerprint density at radius 2 is 1.80 bits per heavy atom. The lowest BCUT2D eigenvalue weighted by atomic mass is 9.90. The Morgan fingerprint density at radius 3 is 2.47 bits per heavy atom. The number of carbonyl (C=O) groups is 1. The van der Waals surface area contributed by atoms with Gasteiger partial charge in [0.15, 0.2) is 0 Å². The minimum atomic E-state index is -0.426. The van der Waals surface area contributed by atoms with E-state index in [1.54, 1.807) is 23.2 Å². The third-order valence-corrected chi connectivity index (χ3v) is 5.59. The van der Waals surface area contributed by atoms with Crippen LogP contribution < -0.4 is 0 Å². The molecular formula is C24H24ClN3O2. The minimum Gasteiger partial charge on any atom is -0.389 e. The molecule has 1 saturated heterocycles. The molecule has 1 aromatic carbocycles. The number of likely N-dealkylation sites (tertiary alicyclic amines) is 1. The second-order valence-electron chi connectivity index (χ2n) is 8.70. The number of pyridine rings is 2. The van der Waals surface area contributed by atoms with Gasteiger partial charge < -0.3 is 10.0 Å². The predicted molar refractivity (Wildman–Crippen MR) is 119 cm³/mol. The summed E-state index contributed by atoms with van der Waals surface area (Å²) in [7, 11) is 0. The Kier molecular flexibility index (Phi) is 5.35. The van der Waals surface area contributed by atoms with Crippen LogP contribution in [0.3, 0.4) is 0 Å². The van der Waals surface area contributed by atoms with Gasteiger partial charge in [0.25, 0.3) is 5.91 Å². The molecule has 1 aliphatic heterocycles. The van der Waals surface area contributed by atoms with Crippen LogP contribution in [0.25, 0.3) is 22.3 Å². The van der Waals surface area contributed by atoms with E-state index >= 15 is 0 Å². The van der Waals surface area contributed by atoms with Gasteiger partial charge in [-0.25, -0.2) is 0 Å². The molecule has 0 saturated carbocycles. The second-order valence-corrected chi connectivity index (χ2v) is 9.11. The number of amides is 1. The summed E-state index contributed by atoms with van der Waals surface area (Å²) in [6.45, 7) is 7.14. The third kappa shape index (κ3) is 4.09. The van der Waals surface area contributed by atoms with Crippen molar-refractivity contribution in [3.05, 3.63) is 71.3 Å². The van der Waals surface area contributed by atoms with Gasteiger partial charge in [0.05, 0.1) is 6.10 Å². The van der Waals surface area contributed by atoms with Crippen molar-refractivity contribution in [1.82, 2.24) is 14.9 Å². The fourth-order valence-electron chi connectivity index (χ4n) is 3.45. The summed E-state index contributed by atoms with van der Waals surface area (Å²) >= 11 is 6.53. The van der Waals surface area contributed by atoms with E-state index in [0.29, 0.717) is 23.7 Å². The van der Waals surface area contributed by atoms with E-state index in [1.807, 2.05) is 30.6 Å². The monoisotopic (exact) mass is 421 g/mol. The molecule has 0 atom stereocenters. The quantitative estimate of drug-likeness (QED) is 0.672. The number of aromatic nitrogens is 2. The molecule has 3 heterocycles. The zero-order chi connectivity index (χ0) is 21.5. The standard InChI is InChI=1S/C24H24ClN3O2/c1-24(2,3)22-10-15(6-7-27-22)17-8-18(12-26-11-17)20-5-4-16(9-21(20)25)23(30)28-13-19(29)14-28/h4-12,19,29H,13-14H2,1-3H3. The number of nitrogens with zero attached hydrogens (tertiary/aromatic N) is 3. The Morgan fingerprint density at radius 1 is 1.07 bits per heavy atom. The van der Waals surface area contributed by atoms with Gasteiger partial charge in [-0.15, -0.1) is 0 Å². The van der Waals surface area contributed by atoms with Gasteiger partial charge in [0, 0.05) is 70.1 Å². The number of aliphatic hydroxyl groups is 1. The molecule has 6 heteroatoms. The molecule has 1 N–H and O–H groups in total. The molecule has 2 aromatic heterocycles. The van der Waals surface area contributed by atoms with E-state index in [4.69, 9.17) is 11.6 Å². The molecular weight excluding hydrogens is 398 g/mol. The minimum absolute atomic E-state index is 0.0424. The van der Waals surface area contributed by atoms with Crippen molar-refractivity contribution < 1.29 is 9.90 Å². The predicted octanol–water partition coefficient (Wildman–Crippen LogP) is 4.58. The fourth-order valence-corrected chi connectivity index (χ4v) is 3.74. The first-order valence-electron chi connectivity index (χ1n) is 9.91. The van der Waals surface area contributed by atoms with Gasteiger partial charge in [-0.3, -0.25) is 14.8 Å². The molecule has 3 aromatic rings. The summed E-state index contributed by atoms with van der Waals surface area (Å²) in [6.07, 6.45) is 4.99. The molecule has 30 heavy (non-hydrogen) atoms. The number of hydrogen-bond donors (Lipinski definition) is 1. The number of carbonyl (C=O) groups excluding carboxylic acids is 1. The van der Waals surface area contributed by atoms with Crippen LogP contribution in [0.2, 0.25) is 5.02 Å². The van der Waals surface area contributed by atoms with Gasteiger partial charge in [-0.2, -0.15) is 0 Å². The van der Waals surface area contributed by atoms with Crippen LogP contribution in [0.4, 0.5) is 0 Å². The average Bonchev–Trinajstić information content (AvgIpc) is 2.70. The molecule has 154 valence electrons. The number of rotatable bonds is 3. The van der Waals surface area contributed by atoms with Gasteiger partial charge in [-0.05, 0) is 35.9 Å². The van der Waals surface area contributed by atoms with E-state index in [-0.39, 0.29) is 11.3 Å². The van der Waals surface area contributed by atoms with Gasteiger partial charge >= 0.3 is 0 Å². The Balaban J connectivity index is 1.64. The van der Waals surface area contributed by atoms with E-state index in [9.17, 15) is 9.90 Å². The van der Waals surface area contributed by atoms with Crippen molar-refractivity contribution in [3.63, 3.8) is 0 Å². The molecule has 0 radical (unpaired) electrons. The summed E-state index contributed by atoms with van der Waals surface area (Å²) in [4.78, 5) is 23.0. The van der Waals surface area contributed by atoms with Gasteiger partial charge in [-0.1, -0.05) is 38.4 Å². The largest absolute Gasteiger partial charge is 0.389 e. The maximum atomic E-state index is 12.5. The second kappa shape index (κ2) is 7.82. The van der Waals surface area contributed by atoms with Crippen molar-refractivity contribution in [1.29, 1.82) is 0 Å². The Bertz CT molecular complexity index is 1100. The van der Waals surface area contributed by atoms with E-state index in [0.717, 1.165) is 27.9 Å². The molecule has 0 spiro atoms. The molecule has 5 nitrogen and oxygen atoms in total. The van der Waals surface area contributed by atoms with Gasteiger partial charge in [0.2, 0.25) is 0 Å². The van der Waals surface area contributed by atoms with Crippen LogP contribution in [0, 0.1) is 0 Å². The molecule has 4 rings (SSSR count). The number of aliphatic hydroxyl groups excluding tert-OH is 1. The lowest BCUT2D eigenvalue weighted by molar-refractivity contribution is 0.00590. The lowest BCUT2D eigenvalue weighted by Gasteiger charge is -2.35. The van der Waals surface area contributed by atoms with Crippen LogP contribution in [0.5, 0.6) is 0 Å². The summed E-state index contributed by atoms with van der Waals surface area (Å²) in [5.74, 6) is -0.118. The smallest absolute Gasteiger partial charge is 0.254 e. The third-order valence-electron chi connectivity index (χ3n) is 5.28. The molecule has 0 aliphatic carbocycles. The highest BCUT2D eigenvalue weighted by molar-refractivity contribution is 6.33. The van der Waals surface area contributed by atoms with E-state index in [2.05, 4.69) is 36.8 Å². The maximum absolute atomic E-state index is 12.5. The van der Waals surface area contributed by atoms with Crippen LogP contribution in [0.15, 0.2) is 55.0 Å². The molecule has 0 unspecified atom stereocenters. The molecule has 0 bridgehead atoms. The number of hydrogen-bond acceptors (Lipinski definition) is 4. The van der Waals surface area contributed by atoms with E-state index in [1.165, 1.54) is 0 Å². The summed E-state index contributed by atoms with van der Waals surface area (Å²) in [5.41, 5.74) is 5.21. The number of benzene rings is 1. The highest BCUT2D eigenvalue weighted by Crippen LogP contribution is 2.32. The highest BCUT2D eigenvalue weighted by atomic mass is 35.5. The van der Waals surface area contributed by atoms with E-state index < -0.39 is 6.10 Å². The number of halogens is 1. The fraction of sp³-hybridized carbons (Fsp3) is 0.292. The maximum Gasteiger partial charge on any atom is 0.254 e. The highest BCUT2D eigenvalue weighted by Gasteiger charge is 2.29. The van der Waals surface area contributed by atoms with Crippen LogP contribution >= 0.6 is 11.6 Å². The number of β-amino-alcohol motifs (C(OH)–C–C–N with tert-alkyl or cyclic N) is 1. The Hall–Kier alpha value is -2.76. The summed E-state index contributed by atoms with van der Waals surface area (Å²) in [6, 6.07) is 11.4. The normalized spacial score (nSPS) is 14.5. The van der Waals surface area contributed by atoms with Crippen LogP contribution in [0.1, 0.15) is 36.8 Å². The van der Waals surface area contributed by atoms with Crippen LogP contribution in [-0.4, -0.2) is 45.1 Å². The van der Waals surface area contributed by atoms with Crippen molar-refractivity contribution in [3.8, 4) is 22.3 Å². The first kappa shape index (κ1) is 20.5. The average molecular weight is 422 g/mol. The van der Waals surface area contributed by atoms with Crippen LogP contribution in [-0.2, 0) is 5.41 Å². The summed E-state index contributed by atoms with van der Waals surface area (Å²) < 4.78 is 0. The zero-order valence-corrected chi connectivity index (χ0v) is 18.0. The summed E-state index contributed by atoms with van der Waals surface area (Å²) in [5, 5.41) is 9.90. The molecule has 1 amide bonds. The van der Waals surface area contributed by atoms with Crippen molar-refractivity contribution >= 4 is 17.5 Å². The SMILES string of the molecule is CC(C)(C)c1cc(-c2cncc(-c3ccc(C(=O)N4CC(O)C4)cc3Cl)c2)ccn1. The van der Waals surface area contributed by atoms with Crippen molar-refractivity contribution in [2.24, 2.45) is 0 Å². The van der Waals surface area contributed by atoms with Crippen molar-refractivity contribution in [2.75, 3.05) is 13.1 Å². The van der Waals surface area contributed by atoms with Crippen molar-refractivity contribution in [2.45, 2.75) is 32.3 Å². The van der Waals surface area contributed by atoms with Gasteiger partial charge in [0.1, 0.15) is 0 Å². The Labute approximate surface area is 181 Å². The first-order chi connectivity index (χ1) is 14.2. The molecule has 1 aliphatic rings. The zero-order valence-electron chi connectivity index (χ0n) is 17.3. The first-order valence-corrected chi connectivity index (χ1v) is 10.3.